The predicted octanol–water partition coefficient (Wildman–Crippen LogP) is 2.73. The van der Waals surface area contributed by atoms with E-state index >= 15 is 0 Å². The van der Waals surface area contributed by atoms with Gasteiger partial charge < -0.3 is 14.2 Å². The first-order chi connectivity index (χ1) is 10.5. The molecule has 0 aliphatic carbocycles. The maximum atomic E-state index is 12.6. The van der Waals surface area contributed by atoms with E-state index < -0.39 is 0 Å². The first-order valence-electron chi connectivity index (χ1n) is 7.82. The van der Waals surface area contributed by atoms with Crippen molar-refractivity contribution in [2.75, 3.05) is 27.2 Å². The van der Waals surface area contributed by atoms with E-state index in [1.807, 2.05) is 36.9 Å². The van der Waals surface area contributed by atoms with Gasteiger partial charge in [0.05, 0.1) is 0 Å². The molecule has 5 nitrogen and oxygen atoms in total. The first kappa shape index (κ1) is 15.0. The van der Waals surface area contributed by atoms with Crippen LogP contribution in [0.15, 0.2) is 22.6 Å². The van der Waals surface area contributed by atoms with Crippen molar-refractivity contribution >= 4 is 17.0 Å². The molecule has 2 heterocycles. The van der Waals surface area contributed by atoms with Crippen molar-refractivity contribution in [2.45, 2.75) is 32.2 Å². The number of carbonyl (C=O) groups excluding carboxylic acids is 1. The van der Waals surface area contributed by atoms with Gasteiger partial charge in [-0.2, -0.15) is 0 Å². The summed E-state index contributed by atoms with van der Waals surface area (Å²) in [6.07, 6.45) is 1.03. The lowest BCUT2D eigenvalue weighted by Crippen LogP contribution is -2.34. The molecule has 1 amide bonds. The highest BCUT2D eigenvalue weighted by molar-refractivity contribution is 5.97. The van der Waals surface area contributed by atoms with E-state index in [0.29, 0.717) is 17.5 Å². The van der Waals surface area contributed by atoms with Crippen LogP contribution in [0.25, 0.3) is 11.1 Å². The topological polar surface area (TPSA) is 49.6 Å². The normalized spacial score (nSPS) is 18.8. The molecule has 0 radical (unpaired) electrons. The average Bonchev–Trinajstić information content (AvgIpc) is 3.12. The van der Waals surface area contributed by atoms with Gasteiger partial charge in [-0.05, 0) is 38.7 Å². The minimum absolute atomic E-state index is 0.0837. The Morgan fingerprint density at radius 3 is 2.82 bits per heavy atom. The molecule has 1 saturated heterocycles. The number of hydrogen-bond donors (Lipinski definition) is 0. The first-order valence-corrected chi connectivity index (χ1v) is 7.82. The molecule has 1 fully saturated rings. The third-order valence-electron chi connectivity index (χ3n) is 4.33. The van der Waals surface area contributed by atoms with Gasteiger partial charge in [0.25, 0.3) is 5.91 Å². The maximum absolute atomic E-state index is 12.6. The second-order valence-corrected chi connectivity index (χ2v) is 6.55. The van der Waals surface area contributed by atoms with E-state index in [0.717, 1.165) is 30.6 Å². The fourth-order valence-corrected chi connectivity index (χ4v) is 2.86. The van der Waals surface area contributed by atoms with Crippen LogP contribution in [-0.4, -0.2) is 53.9 Å². The summed E-state index contributed by atoms with van der Waals surface area (Å²) in [6, 6.07) is 5.98. The number of carbonyl (C=O) groups is 1. The average molecular weight is 301 g/mol. The zero-order valence-electron chi connectivity index (χ0n) is 13.7. The molecule has 1 aliphatic heterocycles. The number of hydrogen-bond acceptors (Lipinski definition) is 4. The fraction of sp³-hybridized carbons (Fsp3) is 0.529. The van der Waals surface area contributed by atoms with E-state index in [1.165, 1.54) is 0 Å². The SMILES string of the molecule is CC(C)c1nc2cc(C(=O)N3CCC(N(C)C)C3)ccc2o1. The van der Waals surface area contributed by atoms with Crippen molar-refractivity contribution in [3.05, 3.63) is 29.7 Å². The summed E-state index contributed by atoms with van der Waals surface area (Å²) in [5.74, 6) is 1.04. The molecule has 118 valence electrons. The van der Waals surface area contributed by atoms with Crippen molar-refractivity contribution in [3.8, 4) is 0 Å². The lowest BCUT2D eigenvalue weighted by Gasteiger charge is -2.20. The van der Waals surface area contributed by atoms with Gasteiger partial charge in [0.2, 0.25) is 0 Å². The Morgan fingerprint density at radius 1 is 1.41 bits per heavy atom. The van der Waals surface area contributed by atoms with Gasteiger partial charge in [-0.3, -0.25) is 4.79 Å². The summed E-state index contributed by atoms with van der Waals surface area (Å²) < 4.78 is 5.70. The van der Waals surface area contributed by atoms with E-state index in [4.69, 9.17) is 4.42 Å². The van der Waals surface area contributed by atoms with E-state index in [2.05, 4.69) is 24.0 Å². The number of nitrogens with zero attached hydrogens (tertiary/aromatic N) is 3. The standard InChI is InChI=1S/C17H23N3O2/c1-11(2)16-18-14-9-12(5-6-15(14)22-16)17(21)20-8-7-13(10-20)19(3)4/h5-6,9,11,13H,7-8,10H2,1-4H3. The van der Waals surface area contributed by atoms with Crippen LogP contribution in [0, 0.1) is 0 Å². The molecule has 1 unspecified atom stereocenters. The van der Waals surface area contributed by atoms with Gasteiger partial charge in [0, 0.05) is 30.6 Å². The highest BCUT2D eigenvalue weighted by atomic mass is 16.3. The van der Waals surface area contributed by atoms with Crippen molar-refractivity contribution in [3.63, 3.8) is 0 Å². The summed E-state index contributed by atoms with van der Waals surface area (Å²) in [7, 11) is 4.13. The molecular weight excluding hydrogens is 278 g/mol. The van der Waals surface area contributed by atoms with Crippen LogP contribution >= 0.6 is 0 Å². The molecule has 0 N–H and O–H groups in total. The number of likely N-dealkylation sites (N-methyl/N-ethyl adjacent to an activating group) is 1. The van der Waals surface area contributed by atoms with Crippen LogP contribution in [0.5, 0.6) is 0 Å². The molecule has 1 aromatic carbocycles. The lowest BCUT2D eigenvalue weighted by atomic mass is 10.2. The molecule has 0 spiro atoms. The van der Waals surface area contributed by atoms with E-state index in [-0.39, 0.29) is 11.8 Å². The molecule has 1 atom stereocenters. The molecule has 2 aromatic rings. The number of amides is 1. The summed E-state index contributed by atoms with van der Waals surface area (Å²) in [5, 5.41) is 0. The number of aromatic nitrogens is 1. The van der Waals surface area contributed by atoms with Gasteiger partial charge >= 0.3 is 0 Å². The zero-order valence-corrected chi connectivity index (χ0v) is 13.7. The number of rotatable bonds is 3. The lowest BCUT2D eigenvalue weighted by molar-refractivity contribution is 0.0783. The number of fused-ring (bicyclic) bond motifs is 1. The Kier molecular flexibility index (Phi) is 3.91. The molecule has 5 heteroatoms. The largest absolute Gasteiger partial charge is 0.440 e. The number of likely N-dealkylation sites (tertiary alicyclic amines) is 1. The van der Waals surface area contributed by atoms with Crippen LogP contribution < -0.4 is 0 Å². The van der Waals surface area contributed by atoms with Crippen LogP contribution in [0.4, 0.5) is 0 Å². The van der Waals surface area contributed by atoms with Gasteiger partial charge in [0.1, 0.15) is 5.52 Å². The summed E-state index contributed by atoms with van der Waals surface area (Å²) in [6.45, 7) is 5.69. The molecule has 1 aromatic heterocycles. The maximum Gasteiger partial charge on any atom is 0.253 e. The zero-order chi connectivity index (χ0) is 15.9. The Morgan fingerprint density at radius 2 is 2.18 bits per heavy atom. The smallest absolute Gasteiger partial charge is 0.253 e. The van der Waals surface area contributed by atoms with Crippen LogP contribution in [-0.2, 0) is 0 Å². The summed E-state index contributed by atoms with van der Waals surface area (Å²) in [4.78, 5) is 21.2. The second-order valence-electron chi connectivity index (χ2n) is 6.55. The number of oxazole rings is 1. The van der Waals surface area contributed by atoms with E-state index in [9.17, 15) is 4.79 Å². The Labute approximate surface area is 130 Å². The molecule has 0 bridgehead atoms. The number of benzene rings is 1. The Bertz CT molecular complexity index is 690. The Hall–Kier alpha value is -1.88. The Balaban J connectivity index is 1.82. The van der Waals surface area contributed by atoms with Crippen LogP contribution in [0.1, 0.15) is 42.4 Å². The summed E-state index contributed by atoms with van der Waals surface area (Å²) >= 11 is 0. The van der Waals surface area contributed by atoms with Crippen molar-refractivity contribution in [1.29, 1.82) is 0 Å². The van der Waals surface area contributed by atoms with Gasteiger partial charge in [0.15, 0.2) is 11.5 Å². The monoisotopic (exact) mass is 301 g/mol. The molecule has 22 heavy (non-hydrogen) atoms. The molecule has 3 rings (SSSR count). The van der Waals surface area contributed by atoms with Gasteiger partial charge in [-0.25, -0.2) is 4.98 Å². The molecule has 1 aliphatic rings. The highest BCUT2D eigenvalue weighted by Gasteiger charge is 2.28. The van der Waals surface area contributed by atoms with Gasteiger partial charge in [-0.1, -0.05) is 13.8 Å². The van der Waals surface area contributed by atoms with Crippen LogP contribution in [0.2, 0.25) is 0 Å². The quantitative estimate of drug-likeness (QED) is 0.874. The summed E-state index contributed by atoms with van der Waals surface area (Å²) in [5.41, 5.74) is 2.20. The van der Waals surface area contributed by atoms with Crippen molar-refractivity contribution in [2.24, 2.45) is 0 Å². The minimum atomic E-state index is 0.0837. The third-order valence-corrected chi connectivity index (χ3v) is 4.33. The predicted molar refractivity (Wildman–Crippen MR) is 86.1 cm³/mol. The van der Waals surface area contributed by atoms with Crippen LogP contribution in [0.3, 0.4) is 0 Å². The third kappa shape index (κ3) is 2.73. The van der Waals surface area contributed by atoms with Crippen molar-refractivity contribution in [1.82, 2.24) is 14.8 Å². The fourth-order valence-electron chi connectivity index (χ4n) is 2.86. The molecule has 0 saturated carbocycles. The van der Waals surface area contributed by atoms with Crippen molar-refractivity contribution < 1.29 is 9.21 Å². The highest BCUT2D eigenvalue weighted by Crippen LogP contribution is 2.23. The minimum Gasteiger partial charge on any atom is -0.440 e. The van der Waals surface area contributed by atoms with Gasteiger partial charge in [-0.15, -0.1) is 0 Å². The molecular formula is C17H23N3O2. The second kappa shape index (κ2) is 5.72. The van der Waals surface area contributed by atoms with E-state index in [1.54, 1.807) is 0 Å².